The highest BCUT2D eigenvalue weighted by atomic mass is 16.4. The molecule has 1 rings (SSSR count). The lowest BCUT2D eigenvalue weighted by Crippen LogP contribution is -2.47. The van der Waals surface area contributed by atoms with E-state index in [4.69, 9.17) is 5.11 Å². The molecule has 1 aliphatic carbocycles. The molecule has 1 saturated carbocycles. The molecule has 0 aromatic rings. The first-order valence-corrected chi connectivity index (χ1v) is 7.18. The molecule has 5 nitrogen and oxygen atoms in total. The molecule has 0 heterocycles. The van der Waals surface area contributed by atoms with Crippen molar-refractivity contribution in [2.75, 3.05) is 6.54 Å². The van der Waals surface area contributed by atoms with Crippen molar-refractivity contribution in [3.8, 4) is 0 Å². The van der Waals surface area contributed by atoms with Crippen LogP contribution >= 0.6 is 0 Å². The van der Waals surface area contributed by atoms with E-state index in [0.717, 1.165) is 25.7 Å². The number of nitrogens with one attached hydrogen (secondary N) is 2. The van der Waals surface area contributed by atoms with E-state index in [1.165, 1.54) is 0 Å². The maximum atomic E-state index is 11.7. The molecule has 0 radical (unpaired) electrons. The molecule has 0 aromatic carbocycles. The first-order valence-electron chi connectivity index (χ1n) is 7.18. The van der Waals surface area contributed by atoms with Gasteiger partial charge in [0.2, 0.25) is 0 Å². The maximum Gasteiger partial charge on any atom is 0.326 e. The Morgan fingerprint density at radius 2 is 1.95 bits per heavy atom. The summed E-state index contributed by atoms with van der Waals surface area (Å²) in [6, 6.07) is -1.15. The van der Waals surface area contributed by atoms with Crippen LogP contribution in [0.3, 0.4) is 0 Å². The van der Waals surface area contributed by atoms with Gasteiger partial charge in [-0.05, 0) is 30.6 Å². The Morgan fingerprint density at radius 1 is 1.32 bits per heavy atom. The Labute approximate surface area is 115 Å². The highest BCUT2D eigenvalue weighted by Gasteiger charge is 2.45. The molecular formula is C14H26N2O3. The van der Waals surface area contributed by atoms with Gasteiger partial charge >= 0.3 is 12.0 Å². The van der Waals surface area contributed by atoms with Crippen LogP contribution in [0.1, 0.15) is 52.9 Å². The predicted molar refractivity (Wildman–Crippen MR) is 74.0 cm³/mol. The highest BCUT2D eigenvalue weighted by Crippen LogP contribution is 2.51. The normalized spacial score (nSPS) is 17.9. The van der Waals surface area contributed by atoms with E-state index in [2.05, 4.69) is 24.5 Å². The maximum absolute atomic E-state index is 11.7. The molecule has 5 heteroatoms. The first-order chi connectivity index (χ1) is 8.91. The van der Waals surface area contributed by atoms with Gasteiger partial charge in [-0.2, -0.15) is 0 Å². The molecule has 0 spiro atoms. The van der Waals surface area contributed by atoms with Crippen LogP contribution in [0.25, 0.3) is 0 Å². The molecule has 2 amide bonds. The van der Waals surface area contributed by atoms with E-state index in [9.17, 15) is 9.59 Å². The topological polar surface area (TPSA) is 78.4 Å². The minimum Gasteiger partial charge on any atom is -0.480 e. The Balaban J connectivity index is 2.34. The fourth-order valence-corrected chi connectivity index (χ4v) is 2.25. The fourth-order valence-electron chi connectivity index (χ4n) is 2.25. The number of carbonyl (C=O) groups is 2. The van der Waals surface area contributed by atoms with Crippen molar-refractivity contribution in [3.05, 3.63) is 0 Å². The Hall–Kier alpha value is -1.26. The number of hydrogen-bond donors (Lipinski definition) is 3. The molecule has 0 aromatic heterocycles. The van der Waals surface area contributed by atoms with Crippen molar-refractivity contribution in [2.45, 2.75) is 58.9 Å². The number of carbonyl (C=O) groups excluding carboxylic acids is 1. The van der Waals surface area contributed by atoms with Crippen molar-refractivity contribution in [3.63, 3.8) is 0 Å². The van der Waals surface area contributed by atoms with Crippen molar-refractivity contribution in [1.82, 2.24) is 10.6 Å². The van der Waals surface area contributed by atoms with Crippen LogP contribution in [-0.2, 0) is 4.79 Å². The Kier molecular flexibility index (Phi) is 5.63. The number of urea groups is 1. The lowest BCUT2D eigenvalue weighted by Gasteiger charge is -2.21. The minimum atomic E-state index is -0.964. The van der Waals surface area contributed by atoms with E-state index in [1.54, 1.807) is 0 Å². The summed E-state index contributed by atoms with van der Waals surface area (Å²) in [5, 5.41) is 14.4. The monoisotopic (exact) mass is 270 g/mol. The lowest BCUT2D eigenvalue weighted by molar-refractivity contribution is -0.139. The van der Waals surface area contributed by atoms with Gasteiger partial charge in [0.1, 0.15) is 6.04 Å². The number of rotatable bonds is 8. The van der Waals surface area contributed by atoms with Gasteiger partial charge in [-0.25, -0.2) is 9.59 Å². The quantitative estimate of drug-likeness (QED) is 0.633. The molecule has 110 valence electrons. The van der Waals surface area contributed by atoms with Crippen LogP contribution in [0.15, 0.2) is 0 Å². The number of aliphatic carboxylic acids is 1. The van der Waals surface area contributed by atoms with E-state index in [0.29, 0.717) is 18.9 Å². The zero-order valence-electron chi connectivity index (χ0n) is 12.2. The van der Waals surface area contributed by atoms with Gasteiger partial charge in [0, 0.05) is 6.54 Å². The Morgan fingerprint density at radius 3 is 2.37 bits per heavy atom. The van der Waals surface area contributed by atoms with Crippen molar-refractivity contribution < 1.29 is 14.7 Å². The van der Waals surface area contributed by atoms with E-state index < -0.39 is 12.0 Å². The van der Waals surface area contributed by atoms with Crippen LogP contribution in [0.2, 0.25) is 0 Å². The summed E-state index contributed by atoms with van der Waals surface area (Å²) in [6.07, 6.45) is 4.48. The van der Waals surface area contributed by atoms with Crippen molar-refractivity contribution >= 4 is 12.0 Å². The molecule has 0 bridgehead atoms. The molecule has 1 fully saturated rings. The molecule has 1 atom stereocenters. The second-order valence-electron chi connectivity index (χ2n) is 5.88. The molecule has 0 unspecified atom stereocenters. The van der Waals surface area contributed by atoms with Gasteiger partial charge < -0.3 is 15.7 Å². The highest BCUT2D eigenvalue weighted by molar-refractivity contribution is 5.82. The SMILES string of the molecule is CCCC[C@H](NC(=O)NCC1(C(C)C)CC1)C(=O)O. The summed E-state index contributed by atoms with van der Waals surface area (Å²) in [5.41, 5.74) is 0.236. The summed E-state index contributed by atoms with van der Waals surface area (Å²) in [6.45, 7) is 6.96. The van der Waals surface area contributed by atoms with E-state index in [1.807, 2.05) is 6.92 Å². The standard InChI is InChI=1S/C14H26N2O3/c1-4-5-6-11(12(17)18)16-13(19)15-9-14(7-8-14)10(2)3/h10-11H,4-9H2,1-3H3,(H,17,18)(H2,15,16,19)/t11-/m0/s1. The second kappa shape index (κ2) is 6.78. The number of hydrogen-bond acceptors (Lipinski definition) is 2. The largest absolute Gasteiger partial charge is 0.480 e. The van der Waals surface area contributed by atoms with Crippen LogP contribution in [0.4, 0.5) is 4.79 Å². The lowest BCUT2D eigenvalue weighted by atomic mass is 9.92. The second-order valence-corrected chi connectivity index (χ2v) is 5.88. The predicted octanol–water partition coefficient (Wildman–Crippen LogP) is 2.37. The molecule has 1 aliphatic rings. The number of carboxylic acids is 1. The number of unbranched alkanes of at least 4 members (excludes halogenated alkanes) is 1. The van der Waals surface area contributed by atoms with Crippen LogP contribution < -0.4 is 10.6 Å². The molecule has 0 aliphatic heterocycles. The van der Waals surface area contributed by atoms with Crippen molar-refractivity contribution in [1.29, 1.82) is 0 Å². The fraction of sp³-hybridized carbons (Fsp3) is 0.857. The van der Waals surface area contributed by atoms with Gasteiger partial charge in [0.05, 0.1) is 0 Å². The zero-order valence-corrected chi connectivity index (χ0v) is 12.2. The summed E-state index contributed by atoms with van der Waals surface area (Å²) >= 11 is 0. The third kappa shape index (κ3) is 4.73. The molecule has 0 saturated heterocycles. The third-order valence-corrected chi connectivity index (χ3v) is 4.17. The van der Waals surface area contributed by atoms with Gasteiger partial charge in [-0.1, -0.05) is 33.6 Å². The van der Waals surface area contributed by atoms with Gasteiger partial charge in [0.15, 0.2) is 0 Å². The smallest absolute Gasteiger partial charge is 0.326 e. The summed E-state index contributed by atoms with van der Waals surface area (Å²) < 4.78 is 0. The van der Waals surface area contributed by atoms with Crippen LogP contribution in [-0.4, -0.2) is 29.7 Å². The summed E-state index contributed by atoms with van der Waals surface area (Å²) in [4.78, 5) is 22.8. The van der Waals surface area contributed by atoms with Crippen molar-refractivity contribution in [2.24, 2.45) is 11.3 Å². The Bertz CT molecular complexity index is 325. The minimum absolute atomic E-state index is 0.236. The van der Waals surface area contributed by atoms with Gasteiger partial charge in [0.25, 0.3) is 0 Å². The van der Waals surface area contributed by atoms with E-state index in [-0.39, 0.29) is 11.4 Å². The van der Waals surface area contributed by atoms with E-state index >= 15 is 0 Å². The van der Waals surface area contributed by atoms with Crippen LogP contribution in [0.5, 0.6) is 0 Å². The average molecular weight is 270 g/mol. The zero-order chi connectivity index (χ0) is 14.5. The van der Waals surface area contributed by atoms with Gasteiger partial charge in [-0.3, -0.25) is 0 Å². The first kappa shape index (κ1) is 15.8. The number of carboxylic acid groups (broad SMARTS) is 1. The summed E-state index contributed by atoms with van der Waals surface area (Å²) in [5.74, 6) is -0.420. The molecule has 3 N–H and O–H groups in total. The summed E-state index contributed by atoms with van der Waals surface area (Å²) in [7, 11) is 0. The third-order valence-electron chi connectivity index (χ3n) is 4.17. The average Bonchev–Trinajstić information content (AvgIpc) is 3.12. The molecule has 19 heavy (non-hydrogen) atoms. The van der Waals surface area contributed by atoms with Gasteiger partial charge in [-0.15, -0.1) is 0 Å². The van der Waals surface area contributed by atoms with Crippen LogP contribution in [0, 0.1) is 11.3 Å². The molecular weight excluding hydrogens is 244 g/mol. The number of amides is 2.